The Bertz CT molecular complexity index is 292. The molecule has 1 saturated heterocycles. The predicted octanol–water partition coefficient (Wildman–Crippen LogP) is 0.536. The Kier molecular flexibility index (Phi) is 3.14. The minimum atomic E-state index is -1.09. The zero-order valence-electron chi connectivity index (χ0n) is 9.20. The summed E-state index contributed by atoms with van der Waals surface area (Å²) in [6.07, 6.45) is 3.38. The van der Waals surface area contributed by atoms with Crippen LogP contribution < -0.4 is 5.32 Å². The number of hydrogen-bond donors (Lipinski definition) is 2. The van der Waals surface area contributed by atoms with Crippen LogP contribution in [0.25, 0.3) is 0 Å². The zero-order valence-corrected chi connectivity index (χ0v) is 9.20. The maximum atomic E-state index is 11.7. The second-order valence-electron chi connectivity index (χ2n) is 4.70. The molecule has 2 N–H and O–H groups in total. The third-order valence-electron chi connectivity index (χ3n) is 3.31. The molecule has 1 heterocycles. The van der Waals surface area contributed by atoms with Gasteiger partial charge in [-0.2, -0.15) is 0 Å². The summed E-state index contributed by atoms with van der Waals surface area (Å²) in [6, 6.07) is 0. The van der Waals surface area contributed by atoms with Gasteiger partial charge in [0.05, 0.1) is 0 Å². The average molecular weight is 227 g/mol. The van der Waals surface area contributed by atoms with Crippen LogP contribution in [0.5, 0.6) is 0 Å². The summed E-state index contributed by atoms with van der Waals surface area (Å²) in [4.78, 5) is 22.9. The maximum Gasteiger partial charge on any atom is 0.329 e. The van der Waals surface area contributed by atoms with E-state index in [1.54, 1.807) is 0 Å². The highest BCUT2D eigenvalue weighted by Gasteiger charge is 2.42. The fourth-order valence-electron chi connectivity index (χ4n) is 2.01. The molecule has 0 bridgehead atoms. The van der Waals surface area contributed by atoms with Crippen molar-refractivity contribution in [3.63, 3.8) is 0 Å². The lowest BCUT2D eigenvalue weighted by Gasteiger charge is -2.33. The van der Waals surface area contributed by atoms with Crippen molar-refractivity contribution in [3.05, 3.63) is 0 Å². The van der Waals surface area contributed by atoms with Gasteiger partial charge < -0.3 is 15.2 Å². The fourth-order valence-corrected chi connectivity index (χ4v) is 2.01. The van der Waals surface area contributed by atoms with Crippen molar-refractivity contribution >= 4 is 11.9 Å². The van der Waals surface area contributed by atoms with Gasteiger partial charge in [-0.1, -0.05) is 0 Å². The maximum absolute atomic E-state index is 11.7. The molecule has 1 aliphatic heterocycles. The summed E-state index contributed by atoms with van der Waals surface area (Å²) >= 11 is 0. The molecule has 0 unspecified atom stereocenters. The molecule has 0 atom stereocenters. The lowest BCUT2D eigenvalue weighted by molar-refractivity contribution is -0.152. The van der Waals surface area contributed by atoms with Crippen molar-refractivity contribution in [1.82, 2.24) is 5.32 Å². The lowest BCUT2D eigenvalue weighted by Crippen LogP contribution is -2.57. The number of amides is 1. The summed E-state index contributed by atoms with van der Waals surface area (Å²) in [5.41, 5.74) is -1.09. The summed E-state index contributed by atoms with van der Waals surface area (Å²) in [5.74, 6) is -0.600. The van der Waals surface area contributed by atoms with E-state index in [0.29, 0.717) is 38.4 Å². The highest BCUT2D eigenvalue weighted by molar-refractivity contribution is 5.87. The summed E-state index contributed by atoms with van der Waals surface area (Å²) in [5, 5.41) is 11.9. The molecular formula is C11H17NO4. The second kappa shape index (κ2) is 4.41. The fraction of sp³-hybridized carbons (Fsp3) is 0.818. The number of ether oxygens (including phenoxy) is 1. The number of carbonyl (C=O) groups excluding carboxylic acids is 1. The van der Waals surface area contributed by atoms with Crippen LogP contribution in [0.2, 0.25) is 0 Å². The van der Waals surface area contributed by atoms with Crippen LogP contribution in [0.3, 0.4) is 0 Å². The minimum absolute atomic E-state index is 0.133. The van der Waals surface area contributed by atoms with Crippen LogP contribution in [-0.4, -0.2) is 35.7 Å². The standard InChI is InChI=1S/C11H17NO4/c13-9(7-8-1-2-8)12-11(10(14)15)3-5-16-6-4-11/h8H,1-7H2,(H,12,13)(H,14,15). The molecule has 0 aromatic heterocycles. The van der Waals surface area contributed by atoms with Gasteiger partial charge >= 0.3 is 5.97 Å². The van der Waals surface area contributed by atoms with Crippen molar-refractivity contribution in [2.75, 3.05) is 13.2 Å². The Morgan fingerprint density at radius 1 is 1.31 bits per heavy atom. The lowest BCUT2D eigenvalue weighted by atomic mass is 9.90. The summed E-state index contributed by atoms with van der Waals surface area (Å²) in [6.45, 7) is 0.798. The van der Waals surface area contributed by atoms with Crippen molar-refractivity contribution in [3.8, 4) is 0 Å². The first kappa shape index (κ1) is 11.4. The van der Waals surface area contributed by atoms with E-state index in [1.165, 1.54) is 0 Å². The first-order valence-electron chi connectivity index (χ1n) is 5.74. The molecule has 0 radical (unpaired) electrons. The van der Waals surface area contributed by atoms with Crippen LogP contribution >= 0.6 is 0 Å². The van der Waals surface area contributed by atoms with E-state index >= 15 is 0 Å². The monoisotopic (exact) mass is 227 g/mol. The van der Waals surface area contributed by atoms with Crippen LogP contribution in [0.15, 0.2) is 0 Å². The highest BCUT2D eigenvalue weighted by atomic mass is 16.5. The molecular weight excluding hydrogens is 210 g/mol. The van der Waals surface area contributed by atoms with Crippen molar-refractivity contribution in [1.29, 1.82) is 0 Å². The number of nitrogens with one attached hydrogen (secondary N) is 1. The van der Waals surface area contributed by atoms with Gasteiger partial charge in [-0.25, -0.2) is 4.79 Å². The van der Waals surface area contributed by atoms with E-state index in [-0.39, 0.29) is 5.91 Å². The summed E-state index contributed by atoms with van der Waals surface area (Å²) < 4.78 is 5.14. The first-order valence-corrected chi connectivity index (χ1v) is 5.74. The Morgan fingerprint density at radius 3 is 2.44 bits per heavy atom. The number of carboxylic acid groups (broad SMARTS) is 1. The van der Waals surface area contributed by atoms with Crippen molar-refractivity contribution < 1.29 is 19.4 Å². The molecule has 2 fully saturated rings. The van der Waals surface area contributed by atoms with Gasteiger partial charge in [-0.15, -0.1) is 0 Å². The van der Waals surface area contributed by atoms with Crippen LogP contribution in [0.1, 0.15) is 32.1 Å². The first-order chi connectivity index (χ1) is 7.62. The Labute approximate surface area is 94.2 Å². The topological polar surface area (TPSA) is 75.6 Å². The molecule has 0 aromatic rings. The van der Waals surface area contributed by atoms with Crippen LogP contribution in [0, 0.1) is 5.92 Å². The van der Waals surface area contributed by atoms with Gasteiger partial charge in [0.15, 0.2) is 0 Å². The summed E-state index contributed by atoms with van der Waals surface area (Å²) in [7, 11) is 0. The molecule has 1 aliphatic carbocycles. The molecule has 16 heavy (non-hydrogen) atoms. The molecule has 0 aromatic carbocycles. The number of carbonyl (C=O) groups is 2. The quantitative estimate of drug-likeness (QED) is 0.734. The molecule has 2 rings (SSSR count). The smallest absolute Gasteiger partial charge is 0.329 e. The number of hydrogen-bond acceptors (Lipinski definition) is 3. The third kappa shape index (κ3) is 2.52. The van der Waals surface area contributed by atoms with Gasteiger partial charge in [0.2, 0.25) is 5.91 Å². The third-order valence-corrected chi connectivity index (χ3v) is 3.31. The average Bonchev–Trinajstić information content (AvgIpc) is 3.02. The van der Waals surface area contributed by atoms with E-state index in [1.807, 2.05) is 0 Å². The van der Waals surface area contributed by atoms with Crippen molar-refractivity contribution in [2.45, 2.75) is 37.6 Å². The van der Waals surface area contributed by atoms with Gasteiger partial charge in [-0.05, 0) is 18.8 Å². The van der Waals surface area contributed by atoms with E-state index < -0.39 is 11.5 Å². The molecule has 0 spiro atoms. The molecule has 1 saturated carbocycles. The van der Waals surface area contributed by atoms with E-state index in [4.69, 9.17) is 4.74 Å². The molecule has 5 heteroatoms. The number of carboxylic acids is 1. The molecule has 5 nitrogen and oxygen atoms in total. The van der Waals surface area contributed by atoms with E-state index in [9.17, 15) is 14.7 Å². The largest absolute Gasteiger partial charge is 0.480 e. The van der Waals surface area contributed by atoms with Crippen molar-refractivity contribution in [2.24, 2.45) is 5.92 Å². The van der Waals surface area contributed by atoms with Gasteiger partial charge in [0, 0.05) is 32.5 Å². The van der Waals surface area contributed by atoms with Gasteiger partial charge in [0.25, 0.3) is 0 Å². The molecule has 90 valence electrons. The Balaban J connectivity index is 1.95. The van der Waals surface area contributed by atoms with Gasteiger partial charge in [-0.3, -0.25) is 4.79 Å². The predicted molar refractivity (Wildman–Crippen MR) is 55.9 cm³/mol. The number of aliphatic carboxylic acids is 1. The normalized spacial score (nSPS) is 23.8. The second-order valence-corrected chi connectivity index (χ2v) is 4.70. The van der Waals surface area contributed by atoms with Crippen LogP contribution in [0.4, 0.5) is 0 Å². The van der Waals surface area contributed by atoms with Crippen LogP contribution in [-0.2, 0) is 14.3 Å². The Hall–Kier alpha value is -1.10. The molecule has 1 amide bonds. The zero-order chi connectivity index (χ0) is 11.6. The SMILES string of the molecule is O=C(CC1CC1)NC1(C(=O)O)CCOCC1. The Morgan fingerprint density at radius 2 is 1.94 bits per heavy atom. The number of rotatable bonds is 4. The van der Waals surface area contributed by atoms with E-state index in [0.717, 1.165) is 12.8 Å². The highest BCUT2D eigenvalue weighted by Crippen LogP contribution is 2.32. The molecule has 2 aliphatic rings. The minimum Gasteiger partial charge on any atom is -0.480 e. The van der Waals surface area contributed by atoms with E-state index in [2.05, 4.69) is 5.32 Å². The van der Waals surface area contributed by atoms with Gasteiger partial charge in [0.1, 0.15) is 5.54 Å².